The zero-order chi connectivity index (χ0) is 18.3. The van der Waals surface area contributed by atoms with Crippen molar-refractivity contribution in [2.24, 2.45) is 0 Å². The summed E-state index contributed by atoms with van der Waals surface area (Å²) in [6, 6.07) is 4.78. The van der Waals surface area contributed by atoms with Crippen molar-refractivity contribution in [3.05, 3.63) is 64.6 Å². The summed E-state index contributed by atoms with van der Waals surface area (Å²) in [5, 5.41) is 9.92. The smallest absolute Gasteiger partial charge is 0.262 e. The summed E-state index contributed by atoms with van der Waals surface area (Å²) in [6.45, 7) is 1.55. The highest BCUT2D eigenvalue weighted by molar-refractivity contribution is 6.04. The minimum absolute atomic E-state index is 0.0501. The van der Waals surface area contributed by atoms with Crippen molar-refractivity contribution in [3.63, 3.8) is 0 Å². The summed E-state index contributed by atoms with van der Waals surface area (Å²) in [5.41, 5.74) is 0.780. The Morgan fingerprint density at radius 3 is 2.48 bits per heavy atom. The standard InChI is InChI=1S/C18H12F3NO3/c1-9-11(4-5-23)12-7-17(24)15(21)8-16(12)22(9)18(25)10-2-3-13(19)14(20)6-10/h2-3,5-8,24H,4H2,1H3. The summed E-state index contributed by atoms with van der Waals surface area (Å²) < 4.78 is 41.4. The molecule has 2 aromatic carbocycles. The first-order chi connectivity index (χ1) is 11.8. The van der Waals surface area contributed by atoms with E-state index in [1.165, 1.54) is 0 Å². The zero-order valence-corrected chi connectivity index (χ0v) is 13.0. The average Bonchev–Trinajstić information content (AvgIpc) is 2.82. The van der Waals surface area contributed by atoms with Crippen LogP contribution in [-0.4, -0.2) is 21.9 Å². The number of carbonyl (C=O) groups is 2. The van der Waals surface area contributed by atoms with E-state index in [2.05, 4.69) is 0 Å². The van der Waals surface area contributed by atoms with Gasteiger partial charge in [-0.3, -0.25) is 9.36 Å². The molecule has 0 fully saturated rings. The fourth-order valence-corrected chi connectivity index (χ4v) is 2.85. The van der Waals surface area contributed by atoms with Gasteiger partial charge in [0.1, 0.15) is 6.29 Å². The molecule has 128 valence electrons. The number of phenols is 1. The van der Waals surface area contributed by atoms with Crippen molar-refractivity contribution < 1.29 is 27.9 Å². The molecule has 0 aliphatic heterocycles. The Balaban J connectivity index is 2.29. The molecule has 0 aliphatic carbocycles. The van der Waals surface area contributed by atoms with Gasteiger partial charge in [-0.25, -0.2) is 13.2 Å². The van der Waals surface area contributed by atoms with Crippen LogP contribution >= 0.6 is 0 Å². The van der Waals surface area contributed by atoms with Crippen molar-refractivity contribution in [1.29, 1.82) is 0 Å². The molecule has 0 aliphatic rings. The summed E-state index contributed by atoms with van der Waals surface area (Å²) >= 11 is 0. The predicted octanol–water partition coefficient (Wildman–Crippen LogP) is 3.50. The van der Waals surface area contributed by atoms with E-state index in [9.17, 15) is 27.9 Å². The summed E-state index contributed by atoms with van der Waals surface area (Å²) in [5.74, 6) is -4.54. The lowest BCUT2D eigenvalue weighted by molar-refractivity contribution is -0.107. The molecule has 0 saturated heterocycles. The Bertz CT molecular complexity index is 1020. The van der Waals surface area contributed by atoms with Crippen molar-refractivity contribution in [1.82, 2.24) is 4.57 Å². The molecule has 0 spiro atoms. The monoisotopic (exact) mass is 347 g/mol. The SMILES string of the molecule is Cc1c(CC=O)c2cc(O)c(F)cc2n1C(=O)c1ccc(F)c(F)c1. The Hall–Kier alpha value is -3.09. The number of halogens is 3. The van der Waals surface area contributed by atoms with Gasteiger partial charge in [-0.15, -0.1) is 0 Å². The number of phenolic OH excluding ortho intramolecular Hbond substituents is 1. The van der Waals surface area contributed by atoms with Gasteiger partial charge in [0, 0.05) is 29.1 Å². The second-order valence-corrected chi connectivity index (χ2v) is 5.52. The maximum Gasteiger partial charge on any atom is 0.262 e. The summed E-state index contributed by atoms with van der Waals surface area (Å²) in [6.07, 6.45) is 0.569. The van der Waals surface area contributed by atoms with E-state index in [1.807, 2.05) is 0 Å². The third-order valence-electron chi connectivity index (χ3n) is 4.06. The van der Waals surface area contributed by atoms with E-state index in [0.29, 0.717) is 22.9 Å². The van der Waals surface area contributed by atoms with Gasteiger partial charge < -0.3 is 9.90 Å². The van der Waals surface area contributed by atoms with E-state index >= 15 is 0 Å². The molecule has 0 unspecified atom stereocenters. The molecule has 0 amide bonds. The van der Waals surface area contributed by atoms with Gasteiger partial charge >= 0.3 is 0 Å². The first-order valence-corrected chi connectivity index (χ1v) is 7.31. The number of aromatic hydroxyl groups is 1. The number of aldehydes is 1. The lowest BCUT2D eigenvalue weighted by Gasteiger charge is -2.08. The molecular formula is C18H12F3NO3. The third kappa shape index (κ3) is 2.67. The van der Waals surface area contributed by atoms with Crippen molar-refractivity contribution in [2.45, 2.75) is 13.3 Å². The van der Waals surface area contributed by atoms with Crippen molar-refractivity contribution >= 4 is 23.1 Å². The third-order valence-corrected chi connectivity index (χ3v) is 4.06. The van der Waals surface area contributed by atoms with Crippen LogP contribution in [0.2, 0.25) is 0 Å². The van der Waals surface area contributed by atoms with Crippen LogP contribution in [0.25, 0.3) is 10.9 Å². The van der Waals surface area contributed by atoms with Crippen molar-refractivity contribution in [3.8, 4) is 5.75 Å². The normalized spacial score (nSPS) is 11.0. The van der Waals surface area contributed by atoms with E-state index in [1.54, 1.807) is 6.92 Å². The molecule has 3 aromatic rings. The molecule has 1 aromatic heterocycles. The molecule has 1 N–H and O–H groups in total. The van der Waals surface area contributed by atoms with E-state index in [-0.39, 0.29) is 17.5 Å². The number of rotatable bonds is 3. The molecule has 0 atom stereocenters. The predicted molar refractivity (Wildman–Crippen MR) is 84.2 cm³/mol. The molecule has 0 bridgehead atoms. The number of hydrogen-bond acceptors (Lipinski definition) is 3. The highest BCUT2D eigenvalue weighted by Crippen LogP contribution is 2.32. The van der Waals surface area contributed by atoms with Crippen LogP contribution in [0.15, 0.2) is 30.3 Å². The molecule has 0 radical (unpaired) electrons. The van der Waals surface area contributed by atoms with Crippen LogP contribution in [0.4, 0.5) is 13.2 Å². The Kier molecular flexibility index (Phi) is 4.08. The second kappa shape index (κ2) is 6.08. The van der Waals surface area contributed by atoms with Crippen molar-refractivity contribution in [2.75, 3.05) is 0 Å². The highest BCUT2D eigenvalue weighted by Gasteiger charge is 2.22. The molecule has 1 heterocycles. The lowest BCUT2D eigenvalue weighted by atomic mass is 10.1. The van der Waals surface area contributed by atoms with Crippen LogP contribution in [0.3, 0.4) is 0 Å². The minimum atomic E-state index is -1.18. The molecule has 25 heavy (non-hydrogen) atoms. The molecular weight excluding hydrogens is 335 g/mol. The number of benzene rings is 2. The average molecular weight is 347 g/mol. The molecule has 7 heteroatoms. The van der Waals surface area contributed by atoms with Crippen LogP contribution in [0, 0.1) is 24.4 Å². The van der Waals surface area contributed by atoms with Gasteiger partial charge in [-0.2, -0.15) is 0 Å². The van der Waals surface area contributed by atoms with Gasteiger partial charge in [-0.05, 0) is 36.8 Å². The first kappa shape index (κ1) is 16.8. The lowest BCUT2D eigenvalue weighted by Crippen LogP contribution is -2.14. The Labute approximate surface area is 140 Å². The zero-order valence-electron chi connectivity index (χ0n) is 13.0. The van der Waals surface area contributed by atoms with Gasteiger partial charge in [-0.1, -0.05) is 0 Å². The fourth-order valence-electron chi connectivity index (χ4n) is 2.85. The van der Waals surface area contributed by atoms with Gasteiger partial charge in [0.05, 0.1) is 5.52 Å². The Morgan fingerprint density at radius 2 is 1.84 bits per heavy atom. The van der Waals surface area contributed by atoms with E-state index in [0.717, 1.165) is 34.9 Å². The summed E-state index contributed by atoms with van der Waals surface area (Å²) in [7, 11) is 0. The topological polar surface area (TPSA) is 59.3 Å². The van der Waals surface area contributed by atoms with E-state index < -0.39 is 29.1 Å². The van der Waals surface area contributed by atoms with Gasteiger partial charge in [0.15, 0.2) is 23.2 Å². The molecule has 3 rings (SSSR count). The molecule has 4 nitrogen and oxygen atoms in total. The number of nitrogens with zero attached hydrogens (tertiary/aromatic N) is 1. The second-order valence-electron chi connectivity index (χ2n) is 5.52. The minimum Gasteiger partial charge on any atom is -0.505 e. The van der Waals surface area contributed by atoms with Gasteiger partial charge in [0.2, 0.25) is 0 Å². The van der Waals surface area contributed by atoms with Crippen LogP contribution in [0.1, 0.15) is 21.6 Å². The van der Waals surface area contributed by atoms with Gasteiger partial charge in [0.25, 0.3) is 5.91 Å². The summed E-state index contributed by atoms with van der Waals surface area (Å²) in [4.78, 5) is 23.7. The van der Waals surface area contributed by atoms with E-state index in [4.69, 9.17) is 0 Å². The Morgan fingerprint density at radius 1 is 1.12 bits per heavy atom. The number of aromatic nitrogens is 1. The number of hydrogen-bond donors (Lipinski definition) is 1. The fraction of sp³-hybridized carbons (Fsp3) is 0.111. The van der Waals surface area contributed by atoms with Crippen LogP contribution in [0.5, 0.6) is 5.75 Å². The largest absolute Gasteiger partial charge is 0.505 e. The number of fused-ring (bicyclic) bond motifs is 1. The maximum atomic E-state index is 13.8. The highest BCUT2D eigenvalue weighted by atomic mass is 19.2. The first-order valence-electron chi connectivity index (χ1n) is 7.31. The quantitative estimate of drug-likeness (QED) is 0.738. The number of carbonyl (C=O) groups excluding carboxylic acids is 2. The maximum absolute atomic E-state index is 13.8. The van der Waals surface area contributed by atoms with Crippen LogP contribution < -0.4 is 0 Å². The van der Waals surface area contributed by atoms with Crippen LogP contribution in [-0.2, 0) is 11.2 Å². The molecule has 0 saturated carbocycles.